The van der Waals surface area contributed by atoms with Crippen molar-refractivity contribution in [1.29, 1.82) is 0 Å². The van der Waals surface area contributed by atoms with Crippen LogP contribution in [-0.4, -0.2) is 79.4 Å². The van der Waals surface area contributed by atoms with Crippen molar-refractivity contribution >= 4 is 5.91 Å². The van der Waals surface area contributed by atoms with Gasteiger partial charge in [-0.1, -0.05) is 0 Å². The molecule has 0 bridgehead atoms. The number of rotatable bonds is 5. The second kappa shape index (κ2) is 6.91. The molecule has 0 spiro atoms. The standard InChI is InChI=1S/C10H18F3N3O2/c11-10(12,13)8-14-7-9(18)16-3-1-15(2-4-16)5-6-17/h14,17H,1-8H2. The zero-order valence-electron chi connectivity index (χ0n) is 10.0. The van der Waals surface area contributed by atoms with Crippen LogP contribution in [0, 0.1) is 0 Å². The molecule has 0 aliphatic carbocycles. The minimum Gasteiger partial charge on any atom is -0.395 e. The zero-order chi connectivity index (χ0) is 13.6. The van der Waals surface area contributed by atoms with E-state index in [2.05, 4.69) is 5.32 Å². The van der Waals surface area contributed by atoms with Crippen LogP contribution in [0.5, 0.6) is 0 Å². The summed E-state index contributed by atoms with van der Waals surface area (Å²) in [4.78, 5) is 15.1. The Bertz CT molecular complexity index is 266. The van der Waals surface area contributed by atoms with Gasteiger partial charge in [-0.05, 0) is 0 Å². The molecule has 5 nitrogen and oxygen atoms in total. The number of β-amino-alcohol motifs (C(OH)–C–C–N with tert-alkyl or cyclic N) is 1. The fourth-order valence-corrected chi connectivity index (χ4v) is 1.79. The van der Waals surface area contributed by atoms with Gasteiger partial charge in [-0.2, -0.15) is 13.2 Å². The lowest BCUT2D eigenvalue weighted by molar-refractivity contribution is -0.135. The van der Waals surface area contributed by atoms with Gasteiger partial charge in [0.2, 0.25) is 5.91 Å². The van der Waals surface area contributed by atoms with Crippen LogP contribution in [0.25, 0.3) is 0 Å². The Morgan fingerprint density at radius 3 is 2.33 bits per heavy atom. The number of alkyl halides is 3. The Kier molecular flexibility index (Phi) is 5.83. The molecule has 1 aliphatic heterocycles. The summed E-state index contributed by atoms with van der Waals surface area (Å²) in [5, 5.41) is 10.8. The number of aliphatic hydroxyl groups is 1. The lowest BCUT2D eigenvalue weighted by Gasteiger charge is -2.34. The largest absolute Gasteiger partial charge is 0.401 e. The molecule has 106 valence electrons. The minimum atomic E-state index is -4.29. The van der Waals surface area contributed by atoms with Crippen molar-refractivity contribution in [1.82, 2.24) is 15.1 Å². The van der Waals surface area contributed by atoms with Gasteiger partial charge < -0.3 is 15.3 Å². The van der Waals surface area contributed by atoms with Crippen molar-refractivity contribution < 1.29 is 23.1 Å². The van der Waals surface area contributed by atoms with Crippen LogP contribution in [0.2, 0.25) is 0 Å². The first-order valence-electron chi connectivity index (χ1n) is 5.81. The maximum atomic E-state index is 11.9. The van der Waals surface area contributed by atoms with Gasteiger partial charge in [-0.25, -0.2) is 0 Å². The van der Waals surface area contributed by atoms with Crippen LogP contribution in [0.3, 0.4) is 0 Å². The first-order valence-corrected chi connectivity index (χ1v) is 5.81. The Morgan fingerprint density at radius 1 is 1.22 bits per heavy atom. The Balaban J connectivity index is 2.20. The number of halogens is 3. The van der Waals surface area contributed by atoms with E-state index in [1.165, 1.54) is 4.90 Å². The van der Waals surface area contributed by atoms with Gasteiger partial charge in [0.15, 0.2) is 0 Å². The summed E-state index contributed by atoms with van der Waals surface area (Å²) in [6.07, 6.45) is -4.29. The molecule has 2 N–H and O–H groups in total. The summed E-state index contributed by atoms with van der Waals surface area (Å²) in [6, 6.07) is 0. The van der Waals surface area contributed by atoms with Gasteiger partial charge in [0, 0.05) is 32.7 Å². The predicted molar refractivity (Wildman–Crippen MR) is 59.0 cm³/mol. The van der Waals surface area contributed by atoms with Crippen LogP contribution in [-0.2, 0) is 4.79 Å². The van der Waals surface area contributed by atoms with E-state index in [-0.39, 0.29) is 19.1 Å². The highest BCUT2D eigenvalue weighted by molar-refractivity contribution is 5.78. The van der Waals surface area contributed by atoms with E-state index in [1.54, 1.807) is 0 Å². The van der Waals surface area contributed by atoms with Gasteiger partial charge in [0.05, 0.1) is 19.7 Å². The topological polar surface area (TPSA) is 55.8 Å². The molecular weight excluding hydrogens is 251 g/mol. The monoisotopic (exact) mass is 269 g/mol. The number of carbonyl (C=O) groups excluding carboxylic acids is 1. The van der Waals surface area contributed by atoms with E-state index < -0.39 is 12.7 Å². The third kappa shape index (κ3) is 5.65. The molecule has 1 aliphatic rings. The highest BCUT2D eigenvalue weighted by atomic mass is 19.4. The molecule has 0 saturated carbocycles. The van der Waals surface area contributed by atoms with E-state index in [1.807, 2.05) is 4.90 Å². The summed E-state index contributed by atoms with van der Waals surface area (Å²) in [5.74, 6) is -0.317. The average molecular weight is 269 g/mol. The van der Waals surface area contributed by atoms with Gasteiger partial charge >= 0.3 is 6.18 Å². The molecule has 0 aromatic carbocycles. The van der Waals surface area contributed by atoms with E-state index in [0.717, 1.165) is 0 Å². The van der Waals surface area contributed by atoms with E-state index >= 15 is 0 Å². The van der Waals surface area contributed by atoms with Crippen LogP contribution in [0.4, 0.5) is 13.2 Å². The molecule has 1 heterocycles. The fourth-order valence-electron chi connectivity index (χ4n) is 1.79. The number of hydrogen-bond donors (Lipinski definition) is 2. The third-order valence-corrected chi connectivity index (χ3v) is 2.74. The van der Waals surface area contributed by atoms with Gasteiger partial charge in [-0.15, -0.1) is 0 Å². The molecular formula is C10H18F3N3O2. The molecule has 0 radical (unpaired) electrons. The molecule has 1 saturated heterocycles. The average Bonchev–Trinajstić information content (AvgIpc) is 2.28. The predicted octanol–water partition coefficient (Wildman–Crippen LogP) is -0.725. The van der Waals surface area contributed by atoms with E-state index in [0.29, 0.717) is 32.7 Å². The molecule has 0 aromatic rings. The summed E-state index contributed by atoms with van der Waals surface area (Å²) in [6.45, 7) is 1.47. The summed E-state index contributed by atoms with van der Waals surface area (Å²) >= 11 is 0. The highest BCUT2D eigenvalue weighted by Crippen LogP contribution is 2.12. The normalized spacial score (nSPS) is 18.1. The number of hydrogen-bond acceptors (Lipinski definition) is 4. The first-order chi connectivity index (χ1) is 8.42. The van der Waals surface area contributed by atoms with Gasteiger partial charge in [0.25, 0.3) is 0 Å². The third-order valence-electron chi connectivity index (χ3n) is 2.74. The lowest BCUT2D eigenvalue weighted by atomic mass is 10.3. The van der Waals surface area contributed by atoms with Crippen molar-refractivity contribution in [2.24, 2.45) is 0 Å². The van der Waals surface area contributed by atoms with Crippen molar-refractivity contribution in [2.45, 2.75) is 6.18 Å². The summed E-state index contributed by atoms with van der Waals surface area (Å²) < 4.78 is 35.6. The van der Waals surface area contributed by atoms with Crippen LogP contribution >= 0.6 is 0 Å². The van der Waals surface area contributed by atoms with E-state index in [9.17, 15) is 18.0 Å². The molecule has 8 heteroatoms. The zero-order valence-corrected chi connectivity index (χ0v) is 10.0. The van der Waals surface area contributed by atoms with Gasteiger partial charge in [0.1, 0.15) is 0 Å². The summed E-state index contributed by atoms with van der Waals surface area (Å²) in [7, 11) is 0. The van der Waals surface area contributed by atoms with Crippen LogP contribution in [0.15, 0.2) is 0 Å². The number of nitrogens with zero attached hydrogens (tertiary/aromatic N) is 2. The number of carbonyl (C=O) groups is 1. The minimum absolute atomic E-state index is 0.0705. The second-order valence-corrected chi connectivity index (χ2v) is 4.16. The fraction of sp³-hybridized carbons (Fsp3) is 0.900. The number of amides is 1. The van der Waals surface area contributed by atoms with Crippen molar-refractivity contribution in [2.75, 3.05) is 52.4 Å². The first kappa shape index (κ1) is 15.2. The Morgan fingerprint density at radius 2 is 1.83 bits per heavy atom. The van der Waals surface area contributed by atoms with Crippen molar-refractivity contribution in [3.05, 3.63) is 0 Å². The van der Waals surface area contributed by atoms with Crippen LogP contribution < -0.4 is 5.32 Å². The molecule has 0 aromatic heterocycles. The Hall–Kier alpha value is -0.860. The maximum Gasteiger partial charge on any atom is 0.401 e. The van der Waals surface area contributed by atoms with Gasteiger partial charge in [-0.3, -0.25) is 9.69 Å². The number of piperazine rings is 1. The smallest absolute Gasteiger partial charge is 0.395 e. The molecule has 0 unspecified atom stereocenters. The second-order valence-electron chi connectivity index (χ2n) is 4.16. The number of nitrogens with one attached hydrogen (secondary N) is 1. The van der Waals surface area contributed by atoms with Crippen molar-refractivity contribution in [3.63, 3.8) is 0 Å². The van der Waals surface area contributed by atoms with Crippen molar-refractivity contribution in [3.8, 4) is 0 Å². The summed E-state index contributed by atoms with van der Waals surface area (Å²) in [5.41, 5.74) is 0. The Labute approximate surface area is 104 Å². The highest BCUT2D eigenvalue weighted by Gasteiger charge is 2.27. The SMILES string of the molecule is O=C(CNCC(F)(F)F)N1CCN(CCO)CC1. The maximum absolute atomic E-state index is 11.9. The lowest BCUT2D eigenvalue weighted by Crippen LogP contribution is -2.51. The molecule has 1 amide bonds. The molecule has 0 atom stereocenters. The quantitative estimate of drug-likeness (QED) is 0.691. The van der Waals surface area contributed by atoms with Crippen LogP contribution in [0.1, 0.15) is 0 Å². The molecule has 1 rings (SSSR count). The molecule has 1 fully saturated rings. The molecule has 18 heavy (non-hydrogen) atoms. The number of aliphatic hydroxyl groups excluding tert-OH is 1. The van der Waals surface area contributed by atoms with E-state index in [4.69, 9.17) is 5.11 Å².